The third-order valence-corrected chi connectivity index (χ3v) is 5.41. The van der Waals surface area contributed by atoms with E-state index in [-0.39, 0.29) is 11.6 Å². The third-order valence-electron chi connectivity index (χ3n) is 5.41. The third kappa shape index (κ3) is 4.66. The van der Waals surface area contributed by atoms with E-state index in [1.165, 1.54) is 4.90 Å². The fraction of sp³-hybridized carbons (Fsp3) is 0.214. The number of anilines is 2. The summed E-state index contributed by atoms with van der Waals surface area (Å²) in [5, 5.41) is 3.20. The van der Waals surface area contributed by atoms with Crippen molar-refractivity contribution in [2.24, 2.45) is 0 Å². The number of ether oxygens (including phenoxy) is 2. The fourth-order valence-corrected chi connectivity index (χ4v) is 3.84. The van der Waals surface area contributed by atoms with Gasteiger partial charge in [0.05, 0.1) is 30.2 Å². The van der Waals surface area contributed by atoms with Crippen LogP contribution in [0.1, 0.15) is 31.4 Å². The molecule has 0 aliphatic carbocycles. The molecule has 0 saturated carbocycles. The Labute approximate surface area is 199 Å². The molecular formula is C28H28N2O4. The predicted octanol–water partition coefficient (Wildman–Crippen LogP) is 5.58. The molecule has 1 aliphatic heterocycles. The minimum Gasteiger partial charge on any atom is -0.494 e. The van der Waals surface area contributed by atoms with E-state index < -0.39 is 5.91 Å². The Kier molecular flexibility index (Phi) is 6.97. The van der Waals surface area contributed by atoms with Gasteiger partial charge in [0.1, 0.15) is 17.2 Å². The van der Waals surface area contributed by atoms with Crippen LogP contribution in [0.2, 0.25) is 0 Å². The van der Waals surface area contributed by atoms with Gasteiger partial charge in [0.25, 0.3) is 11.8 Å². The summed E-state index contributed by atoms with van der Waals surface area (Å²) in [6.45, 7) is 6.95. The number of carbonyl (C=O) groups is 2. The van der Waals surface area contributed by atoms with Gasteiger partial charge in [-0.05, 0) is 67.8 Å². The standard InChI is InChI=1S/C28H28N2O4/c1-4-17-34-22-15-13-20(14-16-22)25-26(29-23-11-6-7-12-24(23)33-5-2)28(32)30(27(25)31)21-10-8-9-19(3)18-21/h6-16,18,29H,4-5,17H2,1-3H3. The van der Waals surface area contributed by atoms with Crippen molar-refractivity contribution >= 4 is 28.8 Å². The van der Waals surface area contributed by atoms with Gasteiger partial charge < -0.3 is 14.8 Å². The second kappa shape index (κ2) is 10.3. The first-order chi connectivity index (χ1) is 16.5. The first-order valence-electron chi connectivity index (χ1n) is 11.4. The smallest absolute Gasteiger partial charge is 0.282 e. The molecule has 3 aromatic carbocycles. The lowest BCUT2D eigenvalue weighted by molar-refractivity contribution is -0.120. The molecule has 4 rings (SSSR count). The number of hydrogen-bond donors (Lipinski definition) is 1. The normalized spacial score (nSPS) is 13.4. The Hall–Kier alpha value is -4.06. The molecule has 0 spiro atoms. The number of rotatable bonds is 9. The zero-order valence-corrected chi connectivity index (χ0v) is 19.6. The lowest BCUT2D eigenvalue weighted by atomic mass is 10.0. The first-order valence-corrected chi connectivity index (χ1v) is 11.4. The number of aryl methyl sites for hydroxylation is 1. The van der Waals surface area contributed by atoms with Crippen molar-refractivity contribution in [3.05, 3.63) is 89.6 Å². The summed E-state index contributed by atoms with van der Waals surface area (Å²) in [7, 11) is 0. The SMILES string of the molecule is CCCOc1ccc(C2=C(Nc3ccccc3OCC)C(=O)N(c3cccc(C)c3)C2=O)cc1. The largest absolute Gasteiger partial charge is 0.494 e. The van der Waals surface area contributed by atoms with Crippen LogP contribution in [-0.4, -0.2) is 25.0 Å². The lowest BCUT2D eigenvalue weighted by Gasteiger charge is -2.16. The molecule has 3 aromatic rings. The van der Waals surface area contributed by atoms with Crippen LogP contribution >= 0.6 is 0 Å². The van der Waals surface area contributed by atoms with Crippen LogP contribution in [0.15, 0.2) is 78.5 Å². The zero-order valence-electron chi connectivity index (χ0n) is 19.6. The molecule has 0 fully saturated rings. The van der Waals surface area contributed by atoms with Crippen molar-refractivity contribution in [1.29, 1.82) is 0 Å². The summed E-state index contributed by atoms with van der Waals surface area (Å²) >= 11 is 0. The highest BCUT2D eigenvalue weighted by Gasteiger charge is 2.40. The summed E-state index contributed by atoms with van der Waals surface area (Å²) < 4.78 is 11.4. The quantitative estimate of drug-likeness (QED) is 0.426. The molecule has 0 bridgehead atoms. The van der Waals surface area contributed by atoms with Crippen molar-refractivity contribution in [2.45, 2.75) is 27.2 Å². The predicted molar refractivity (Wildman–Crippen MR) is 134 cm³/mol. The van der Waals surface area contributed by atoms with E-state index in [9.17, 15) is 9.59 Å². The molecule has 1 aliphatic rings. The Morgan fingerprint density at radius 1 is 0.853 bits per heavy atom. The van der Waals surface area contributed by atoms with E-state index in [4.69, 9.17) is 9.47 Å². The minimum absolute atomic E-state index is 0.209. The molecule has 0 saturated heterocycles. The molecule has 34 heavy (non-hydrogen) atoms. The van der Waals surface area contributed by atoms with E-state index in [0.29, 0.717) is 41.5 Å². The number of amides is 2. The number of para-hydroxylation sites is 2. The molecule has 1 heterocycles. The summed E-state index contributed by atoms with van der Waals surface area (Å²) in [6.07, 6.45) is 0.901. The van der Waals surface area contributed by atoms with Gasteiger partial charge in [-0.25, -0.2) is 4.90 Å². The van der Waals surface area contributed by atoms with Crippen LogP contribution in [0.25, 0.3) is 5.57 Å². The molecule has 0 radical (unpaired) electrons. The van der Waals surface area contributed by atoms with Gasteiger partial charge in [-0.2, -0.15) is 0 Å². The molecule has 6 heteroatoms. The maximum atomic E-state index is 13.6. The van der Waals surface area contributed by atoms with Gasteiger partial charge in [-0.15, -0.1) is 0 Å². The van der Waals surface area contributed by atoms with Crippen LogP contribution < -0.4 is 19.7 Å². The van der Waals surface area contributed by atoms with Gasteiger partial charge in [0.15, 0.2) is 0 Å². The van der Waals surface area contributed by atoms with Crippen molar-refractivity contribution < 1.29 is 19.1 Å². The van der Waals surface area contributed by atoms with Gasteiger partial charge in [0, 0.05) is 0 Å². The van der Waals surface area contributed by atoms with Gasteiger partial charge >= 0.3 is 0 Å². The van der Waals surface area contributed by atoms with Gasteiger partial charge in [-0.1, -0.05) is 43.3 Å². The summed E-state index contributed by atoms with van der Waals surface area (Å²) in [5.41, 5.74) is 3.26. The average Bonchev–Trinajstić information content (AvgIpc) is 3.08. The monoisotopic (exact) mass is 456 g/mol. The number of benzene rings is 3. The van der Waals surface area contributed by atoms with Crippen LogP contribution in [-0.2, 0) is 9.59 Å². The van der Waals surface area contributed by atoms with E-state index in [2.05, 4.69) is 5.32 Å². The Morgan fingerprint density at radius 3 is 2.32 bits per heavy atom. The van der Waals surface area contributed by atoms with Crippen molar-refractivity contribution in [2.75, 3.05) is 23.4 Å². The maximum absolute atomic E-state index is 13.6. The first kappa shape index (κ1) is 23.1. The summed E-state index contributed by atoms with van der Waals surface area (Å²) in [5.74, 6) is 0.529. The zero-order chi connectivity index (χ0) is 24.1. The minimum atomic E-state index is -0.414. The lowest BCUT2D eigenvalue weighted by Crippen LogP contribution is -2.32. The Balaban J connectivity index is 1.78. The topological polar surface area (TPSA) is 67.9 Å². The van der Waals surface area contributed by atoms with Gasteiger partial charge in [-0.3, -0.25) is 9.59 Å². The Bertz CT molecular complexity index is 1230. The average molecular weight is 457 g/mol. The van der Waals surface area contributed by atoms with E-state index in [1.54, 1.807) is 18.2 Å². The fourth-order valence-electron chi connectivity index (χ4n) is 3.84. The van der Waals surface area contributed by atoms with Crippen LogP contribution in [0.4, 0.5) is 11.4 Å². The number of hydrogen-bond acceptors (Lipinski definition) is 5. The number of imide groups is 1. The molecule has 1 N–H and O–H groups in total. The van der Waals surface area contributed by atoms with Crippen molar-refractivity contribution in [3.63, 3.8) is 0 Å². The molecule has 0 atom stereocenters. The van der Waals surface area contributed by atoms with E-state index in [1.807, 2.05) is 75.4 Å². The number of carbonyl (C=O) groups excluding carboxylic acids is 2. The van der Waals surface area contributed by atoms with E-state index >= 15 is 0 Å². The van der Waals surface area contributed by atoms with Crippen LogP contribution in [0, 0.1) is 6.92 Å². The van der Waals surface area contributed by atoms with Gasteiger partial charge in [0.2, 0.25) is 0 Å². The highest BCUT2D eigenvalue weighted by Crippen LogP contribution is 2.36. The van der Waals surface area contributed by atoms with Crippen molar-refractivity contribution in [1.82, 2.24) is 0 Å². The highest BCUT2D eigenvalue weighted by molar-refractivity contribution is 6.46. The summed E-state index contributed by atoms with van der Waals surface area (Å²) in [6, 6.07) is 22.0. The second-order valence-electron chi connectivity index (χ2n) is 7.96. The molecule has 6 nitrogen and oxygen atoms in total. The van der Waals surface area contributed by atoms with Crippen LogP contribution in [0.3, 0.4) is 0 Å². The number of nitrogens with one attached hydrogen (secondary N) is 1. The van der Waals surface area contributed by atoms with E-state index in [0.717, 1.165) is 17.7 Å². The van der Waals surface area contributed by atoms with Crippen LogP contribution in [0.5, 0.6) is 11.5 Å². The second-order valence-corrected chi connectivity index (χ2v) is 7.96. The molecule has 2 amide bonds. The molecular weight excluding hydrogens is 428 g/mol. The summed E-state index contributed by atoms with van der Waals surface area (Å²) in [4.78, 5) is 28.5. The molecule has 174 valence electrons. The molecule has 0 aromatic heterocycles. The highest BCUT2D eigenvalue weighted by atomic mass is 16.5. The number of nitrogens with zero attached hydrogens (tertiary/aromatic N) is 1. The Morgan fingerprint density at radius 2 is 1.62 bits per heavy atom. The molecule has 0 unspecified atom stereocenters. The maximum Gasteiger partial charge on any atom is 0.282 e. The van der Waals surface area contributed by atoms with Crippen molar-refractivity contribution in [3.8, 4) is 11.5 Å².